The Morgan fingerprint density at radius 1 is 1.27 bits per heavy atom. The summed E-state index contributed by atoms with van der Waals surface area (Å²) in [5.74, 6) is -0.125. The van der Waals surface area contributed by atoms with Gasteiger partial charge in [-0.2, -0.15) is 0 Å². The summed E-state index contributed by atoms with van der Waals surface area (Å²) in [5, 5.41) is 9.08. The molecule has 1 saturated carbocycles. The van der Waals surface area contributed by atoms with Crippen LogP contribution in [0.4, 0.5) is 5.69 Å². The molecular formula is C18H28BrNO2. The number of aryl methyl sites for hydroxylation is 1. The van der Waals surface area contributed by atoms with Crippen molar-refractivity contribution in [1.82, 2.24) is 0 Å². The Morgan fingerprint density at radius 3 is 2.41 bits per heavy atom. The van der Waals surface area contributed by atoms with E-state index in [1.807, 2.05) is 0 Å². The van der Waals surface area contributed by atoms with E-state index in [1.165, 1.54) is 38.5 Å². The molecule has 0 radical (unpaired) electrons. The second-order valence-corrected chi connectivity index (χ2v) is 6.94. The minimum absolute atomic E-state index is 0.305. The summed E-state index contributed by atoms with van der Waals surface area (Å²) in [5.41, 5.74) is 7.97. The molecule has 2 rings (SSSR count). The van der Waals surface area contributed by atoms with Crippen molar-refractivity contribution in [3.05, 3.63) is 27.7 Å². The quantitative estimate of drug-likeness (QED) is 0.673. The van der Waals surface area contributed by atoms with Crippen molar-refractivity contribution in [2.75, 3.05) is 5.73 Å². The Bertz CT molecular complexity index is 482. The first-order valence-corrected chi connectivity index (χ1v) is 9.10. The normalized spacial score (nSPS) is 15.0. The van der Waals surface area contributed by atoms with Gasteiger partial charge in [-0.1, -0.05) is 52.4 Å². The third-order valence-corrected chi connectivity index (χ3v) is 4.66. The SMILES string of the molecule is CCC.Nc1c(Br)cc(C(=O)O)cc1CCC1CCCCC1. The smallest absolute Gasteiger partial charge is 0.335 e. The van der Waals surface area contributed by atoms with E-state index in [2.05, 4.69) is 29.8 Å². The van der Waals surface area contributed by atoms with Gasteiger partial charge in [0.25, 0.3) is 0 Å². The summed E-state index contributed by atoms with van der Waals surface area (Å²) in [7, 11) is 0. The van der Waals surface area contributed by atoms with Crippen LogP contribution in [0, 0.1) is 5.92 Å². The largest absolute Gasteiger partial charge is 0.478 e. The molecule has 4 heteroatoms. The Balaban J connectivity index is 0.000000745. The van der Waals surface area contributed by atoms with Crippen molar-refractivity contribution in [3.63, 3.8) is 0 Å². The highest BCUT2D eigenvalue weighted by atomic mass is 79.9. The summed E-state index contributed by atoms with van der Waals surface area (Å²) >= 11 is 3.34. The molecule has 3 nitrogen and oxygen atoms in total. The van der Waals surface area contributed by atoms with Crippen LogP contribution in [0.2, 0.25) is 0 Å². The van der Waals surface area contributed by atoms with Crippen LogP contribution < -0.4 is 5.73 Å². The van der Waals surface area contributed by atoms with Crippen LogP contribution in [-0.2, 0) is 6.42 Å². The Kier molecular flexibility index (Phi) is 8.54. The molecule has 0 bridgehead atoms. The van der Waals surface area contributed by atoms with E-state index in [0.717, 1.165) is 24.3 Å². The number of anilines is 1. The van der Waals surface area contributed by atoms with E-state index in [-0.39, 0.29) is 0 Å². The Labute approximate surface area is 142 Å². The average molecular weight is 370 g/mol. The first-order chi connectivity index (χ1) is 10.5. The number of nitrogen functional groups attached to an aromatic ring is 1. The van der Waals surface area contributed by atoms with Crippen LogP contribution in [0.25, 0.3) is 0 Å². The molecule has 1 aliphatic carbocycles. The molecule has 1 aliphatic rings. The molecule has 22 heavy (non-hydrogen) atoms. The molecule has 0 heterocycles. The van der Waals surface area contributed by atoms with Gasteiger partial charge in [0.1, 0.15) is 0 Å². The number of aromatic carboxylic acids is 1. The summed E-state index contributed by atoms with van der Waals surface area (Å²) in [4.78, 5) is 11.1. The molecular weight excluding hydrogens is 342 g/mol. The van der Waals surface area contributed by atoms with Crippen molar-refractivity contribution in [2.24, 2.45) is 5.92 Å². The predicted octanol–water partition coefficient (Wildman–Crippen LogP) is 5.66. The maximum absolute atomic E-state index is 11.1. The summed E-state index contributed by atoms with van der Waals surface area (Å²) in [6.45, 7) is 4.25. The summed E-state index contributed by atoms with van der Waals surface area (Å²) in [6, 6.07) is 3.28. The van der Waals surface area contributed by atoms with Gasteiger partial charge >= 0.3 is 5.97 Å². The first kappa shape index (κ1) is 19.0. The van der Waals surface area contributed by atoms with Gasteiger partial charge in [-0.3, -0.25) is 0 Å². The lowest BCUT2D eigenvalue weighted by Gasteiger charge is -2.21. The van der Waals surface area contributed by atoms with Gasteiger partial charge < -0.3 is 10.8 Å². The fourth-order valence-corrected chi connectivity index (χ4v) is 3.34. The summed E-state index contributed by atoms with van der Waals surface area (Å²) in [6.07, 6.45) is 9.87. The molecule has 124 valence electrons. The van der Waals surface area contributed by atoms with E-state index in [9.17, 15) is 4.79 Å². The second kappa shape index (κ2) is 9.88. The zero-order chi connectivity index (χ0) is 16.5. The molecule has 0 saturated heterocycles. The third kappa shape index (κ3) is 5.99. The van der Waals surface area contributed by atoms with Crippen molar-refractivity contribution >= 4 is 27.6 Å². The minimum Gasteiger partial charge on any atom is -0.478 e. The fraction of sp³-hybridized carbons (Fsp3) is 0.611. The molecule has 1 aromatic carbocycles. The fourth-order valence-electron chi connectivity index (χ4n) is 2.84. The molecule has 0 aliphatic heterocycles. The van der Waals surface area contributed by atoms with Gasteiger partial charge in [-0.25, -0.2) is 4.79 Å². The van der Waals surface area contributed by atoms with E-state index in [1.54, 1.807) is 12.1 Å². The Morgan fingerprint density at radius 2 is 1.86 bits per heavy atom. The van der Waals surface area contributed by atoms with E-state index < -0.39 is 5.97 Å². The van der Waals surface area contributed by atoms with Crippen molar-refractivity contribution in [1.29, 1.82) is 0 Å². The number of hydrogen-bond donors (Lipinski definition) is 2. The number of carboxylic acid groups (broad SMARTS) is 1. The molecule has 0 aromatic heterocycles. The number of rotatable bonds is 4. The van der Waals surface area contributed by atoms with Gasteiger partial charge in [-0.15, -0.1) is 0 Å². The van der Waals surface area contributed by atoms with Gasteiger partial charge in [0.2, 0.25) is 0 Å². The predicted molar refractivity (Wildman–Crippen MR) is 96.4 cm³/mol. The highest BCUT2D eigenvalue weighted by Gasteiger charge is 2.16. The molecule has 1 aromatic rings. The van der Waals surface area contributed by atoms with Gasteiger partial charge in [0.15, 0.2) is 0 Å². The van der Waals surface area contributed by atoms with Crippen LogP contribution in [-0.4, -0.2) is 11.1 Å². The zero-order valence-corrected chi connectivity index (χ0v) is 15.3. The average Bonchev–Trinajstić information content (AvgIpc) is 2.50. The van der Waals surface area contributed by atoms with Gasteiger partial charge in [-0.05, 0) is 52.4 Å². The van der Waals surface area contributed by atoms with Gasteiger partial charge in [0, 0.05) is 10.2 Å². The topological polar surface area (TPSA) is 63.3 Å². The monoisotopic (exact) mass is 369 g/mol. The van der Waals surface area contributed by atoms with Crippen LogP contribution in [0.5, 0.6) is 0 Å². The third-order valence-electron chi connectivity index (χ3n) is 4.01. The highest BCUT2D eigenvalue weighted by molar-refractivity contribution is 9.10. The van der Waals surface area contributed by atoms with E-state index >= 15 is 0 Å². The maximum atomic E-state index is 11.1. The molecule has 0 spiro atoms. The lowest BCUT2D eigenvalue weighted by molar-refractivity contribution is 0.0696. The van der Waals surface area contributed by atoms with E-state index in [4.69, 9.17) is 10.8 Å². The number of benzene rings is 1. The van der Waals surface area contributed by atoms with Gasteiger partial charge in [0.05, 0.1) is 5.56 Å². The molecule has 0 atom stereocenters. The van der Waals surface area contributed by atoms with Crippen LogP contribution in [0.3, 0.4) is 0 Å². The summed E-state index contributed by atoms with van der Waals surface area (Å²) < 4.78 is 0.686. The van der Waals surface area contributed by atoms with Crippen LogP contribution >= 0.6 is 15.9 Å². The maximum Gasteiger partial charge on any atom is 0.335 e. The number of hydrogen-bond acceptors (Lipinski definition) is 2. The van der Waals surface area contributed by atoms with Crippen molar-refractivity contribution < 1.29 is 9.90 Å². The molecule has 1 fully saturated rings. The lowest BCUT2D eigenvalue weighted by atomic mass is 9.85. The first-order valence-electron chi connectivity index (χ1n) is 8.30. The molecule has 3 N–H and O–H groups in total. The number of halogens is 1. The van der Waals surface area contributed by atoms with Crippen molar-refractivity contribution in [3.8, 4) is 0 Å². The molecule has 0 amide bonds. The number of carbonyl (C=O) groups is 1. The van der Waals surface area contributed by atoms with Crippen LogP contribution in [0.1, 0.15) is 74.7 Å². The standard InChI is InChI=1S/C15H20BrNO2.C3H8/c16-13-9-12(15(18)19)8-11(14(13)17)7-6-10-4-2-1-3-5-10;1-3-2/h8-10H,1-7,17H2,(H,18,19);3H2,1-2H3. The Hall–Kier alpha value is -1.03. The van der Waals surface area contributed by atoms with Crippen LogP contribution in [0.15, 0.2) is 16.6 Å². The van der Waals surface area contributed by atoms with E-state index in [0.29, 0.717) is 15.7 Å². The van der Waals surface area contributed by atoms with Crippen molar-refractivity contribution in [2.45, 2.75) is 65.2 Å². The zero-order valence-electron chi connectivity index (χ0n) is 13.7. The second-order valence-electron chi connectivity index (χ2n) is 6.09. The molecule has 0 unspecified atom stereocenters. The highest BCUT2D eigenvalue weighted by Crippen LogP contribution is 2.31. The number of carboxylic acids is 1. The lowest BCUT2D eigenvalue weighted by Crippen LogP contribution is -2.09. The number of nitrogens with two attached hydrogens (primary N) is 1. The minimum atomic E-state index is -0.903.